The molecule has 1 saturated carbocycles. The Morgan fingerprint density at radius 2 is 1.62 bits per heavy atom. The van der Waals surface area contributed by atoms with E-state index in [2.05, 4.69) is 94.3 Å². The molecular weight excluding hydrogens is 416 g/mol. The number of fused-ring (bicyclic) bond motifs is 17. The van der Waals surface area contributed by atoms with Crippen molar-refractivity contribution in [2.24, 2.45) is 0 Å². The van der Waals surface area contributed by atoms with Gasteiger partial charge >= 0.3 is 0 Å². The van der Waals surface area contributed by atoms with Crippen LogP contribution in [-0.2, 0) is 18.4 Å². The average Bonchev–Trinajstić information content (AvgIpc) is 3.33. The molecule has 2 aliphatic carbocycles. The van der Waals surface area contributed by atoms with Crippen molar-refractivity contribution < 1.29 is 13.6 Å². The molecule has 3 nitrogen and oxygen atoms in total. The summed E-state index contributed by atoms with van der Waals surface area (Å²) in [6.45, 7) is 0. The minimum absolute atomic E-state index is 0.124. The highest BCUT2D eigenvalue weighted by molar-refractivity contribution is 5.97. The van der Waals surface area contributed by atoms with Gasteiger partial charge in [-0.2, -0.15) is 9.13 Å². The second-order valence-corrected chi connectivity index (χ2v) is 10.4. The molecule has 9 rings (SSSR count). The fourth-order valence-corrected chi connectivity index (χ4v) is 7.70. The van der Waals surface area contributed by atoms with Crippen LogP contribution in [0.15, 0.2) is 89.6 Å². The molecule has 5 heterocycles. The van der Waals surface area contributed by atoms with E-state index in [4.69, 9.17) is 4.42 Å². The zero-order valence-electron chi connectivity index (χ0n) is 18.9. The number of pyridine rings is 2. The fraction of sp³-hybridized carbons (Fsp3) is 0.226. The average molecular weight is 441 g/mol. The van der Waals surface area contributed by atoms with Gasteiger partial charge in [-0.3, -0.25) is 0 Å². The van der Waals surface area contributed by atoms with Crippen molar-refractivity contribution in [3.63, 3.8) is 0 Å². The third-order valence-corrected chi connectivity index (χ3v) is 8.96. The Morgan fingerprint density at radius 1 is 0.794 bits per heavy atom. The van der Waals surface area contributed by atoms with Gasteiger partial charge in [-0.1, -0.05) is 30.3 Å². The molecular formula is C31H24N2O+2. The molecule has 0 N–H and O–H groups in total. The lowest BCUT2D eigenvalue weighted by molar-refractivity contribution is -0.772. The number of hydrogen-bond acceptors (Lipinski definition) is 1. The topological polar surface area (TPSA) is 20.9 Å². The molecule has 0 radical (unpaired) electrons. The molecule has 3 aromatic heterocycles. The summed E-state index contributed by atoms with van der Waals surface area (Å²) in [6.07, 6.45) is 9.29. The number of benzene rings is 2. The van der Waals surface area contributed by atoms with Crippen molar-refractivity contribution in [1.82, 2.24) is 0 Å². The van der Waals surface area contributed by atoms with Crippen LogP contribution in [0.2, 0.25) is 0 Å². The summed E-state index contributed by atoms with van der Waals surface area (Å²) in [6, 6.07) is 27.4. The number of aromatic nitrogens is 2. The van der Waals surface area contributed by atoms with Crippen molar-refractivity contribution in [3.8, 4) is 22.5 Å². The minimum atomic E-state index is -0.124. The van der Waals surface area contributed by atoms with E-state index in [1.54, 1.807) is 0 Å². The lowest BCUT2D eigenvalue weighted by Gasteiger charge is -2.11. The molecule has 1 spiro atoms. The van der Waals surface area contributed by atoms with E-state index < -0.39 is 0 Å². The Balaban J connectivity index is 1.40. The van der Waals surface area contributed by atoms with Crippen LogP contribution in [0.25, 0.3) is 33.5 Å². The van der Waals surface area contributed by atoms with Gasteiger partial charge in [0.05, 0.1) is 11.1 Å². The first kappa shape index (κ1) is 17.7. The number of furan rings is 1. The molecule has 162 valence electrons. The molecule has 0 amide bonds. The number of rotatable bonds is 0. The van der Waals surface area contributed by atoms with E-state index >= 15 is 0 Å². The van der Waals surface area contributed by atoms with Gasteiger partial charge < -0.3 is 4.42 Å². The van der Waals surface area contributed by atoms with Crippen LogP contribution >= 0.6 is 0 Å². The Morgan fingerprint density at radius 3 is 2.59 bits per heavy atom. The summed E-state index contributed by atoms with van der Waals surface area (Å²) < 4.78 is 11.8. The maximum absolute atomic E-state index is 6.68. The van der Waals surface area contributed by atoms with Gasteiger partial charge in [-0.05, 0) is 43.0 Å². The monoisotopic (exact) mass is 440 g/mol. The van der Waals surface area contributed by atoms with E-state index in [1.807, 2.05) is 0 Å². The number of hydrogen-bond donors (Lipinski definition) is 0. The van der Waals surface area contributed by atoms with Crippen LogP contribution in [0.4, 0.5) is 0 Å². The lowest BCUT2D eigenvalue weighted by atomic mass is 9.91. The second-order valence-electron chi connectivity index (χ2n) is 10.4. The SMILES string of the molecule is c1ccc2c(c1)-c1cccc[n+]1C1C2C12c1ccc3c4c(oc3c1-c1cccc[n+]12)CCCC4. The molecule has 3 heteroatoms. The largest absolute Gasteiger partial charge is 0.460 e. The molecule has 0 saturated heterocycles. The van der Waals surface area contributed by atoms with Crippen LogP contribution in [-0.4, -0.2) is 0 Å². The van der Waals surface area contributed by atoms with Crippen molar-refractivity contribution in [1.29, 1.82) is 0 Å². The maximum Gasteiger partial charge on any atom is 0.269 e. The minimum Gasteiger partial charge on any atom is -0.460 e. The van der Waals surface area contributed by atoms with Crippen LogP contribution in [0.3, 0.4) is 0 Å². The number of aryl methyl sites for hydroxylation is 2. The van der Waals surface area contributed by atoms with E-state index in [0.29, 0.717) is 12.0 Å². The molecule has 34 heavy (non-hydrogen) atoms. The molecule has 3 unspecified atom stereocenters. The highest BCUT2D eigenvalue weighted by atomic mass is 16.3. The Kier molecular flexibility index (Phi) is 3.05. The van der Waals surface area contributed by atoms with Crippen LogP contribution in [0, 0.1) is 0 Å². The zero-order chi connectivity index (χ0) is 22.0. The van der Waals surface area contributed by atoms with Crippen LogP contribution in [0.5, 0.6) is 0 Å². The Hall–Kier alpha value is -3.72. The predicted molar refractivity (Wildman–Crippen MR) is 129 cm³/mol. The normalized spacial score (nSPS) is 24.7. The highest BCUT2D eigenvalue weighted by Crippen LogP contribution is 2.70. The van der Waals surface area contributed by atoms with Crippen molar-refractivity contribution >= 4 is 11.0 Å². The van der Waals surface area contributed by atoms with Gasteiger partial charge in [0.15, 0.2) is 12.4 Å². The molecule has 0 bridgehead atoms. The summed E-state index contributed by atoms with van der Waals surface area (Å²) in [5, 5.41) is 1.33. The van der Waals surface area contributed by atoms with E-state index in [0.717, 1.165) is 18.4 Å². The zero-order valence-corrected chi connectivity index (χ0v) is 18.9. The molecule has 2 aliphatic heterocycles. The van der Waals surface area contributed by atoms with Crippen LogP contribution < -0.4 is 9.13 Å². The Labute approximate surface area is 197 Å². The van der Waals surface area contributed by atoms with E-state index in [9.17, 15) is 0 Å². The summed E-state index contributed by atoms with van der Waals surface area (Å²) in [4.78, 5) is 0. The summed E-state index contributed by atoms with van der Waals surface area (Å²) in [5.41, 5.74) is 10.6. The third-order valence-electron chi connectivity index (χ3n) is 8.96. The molecule has 3 atom stereocenters. The highest BCUT2D eigenvalue weighted by Gasteiger charge is 2.86. The van der Waals surface area contributed by atoms with Crippen molar-refractivity contribution in [2.45, 2.75) is 43.2 Å². The number of nitrogens with zero attached hydrogens (tertiary/aromatic N) is 2. The van der Waals surface area contributed by atoms with Gasteiger partial charge in [0.1, 0.15) is 17.3 Å². The smallest absolute Gasteiger partial charge is 0.269 e. The molecule has 1 fully saturated rings. The first-order chi connectivity index (χ1) is 16.9. The van der Waals surface area contributed by atoms with Crippen LogP contribution in [0.1, 0.15) is 47.3 Å². The van der Waals surface area contributed by atoms with Gasteiger partial charge in [-0.25, -0.2) is 0 Å². The van der Waals surface area contributed by atoms with Gasteiger partial charge in [0.2, 0.25) is 17.4 Å². The predicted octanol–water partition coefficient (Wildman–Crippen LogP) is 5.63. The second kappa shape index (κ2) is 5.85. The summed E-state index contributed by atoms with van der Waals surface area (Å²) in [5.74, 6) is 1.62. The summed E-state index contributed by atoms with van der Waals surface area (Å²) >= 11 is 0. The first-order valence-electron chi connectivity index (χ1n) is 12.6. The third kappa shape index (κ3) is 1.83. The van der Waals surface area contributed by atoms with Gasteiger partial charge in [-0.15, -0.1) is 0 Å². The van der Waals surface area contributed by atoms with Gasteiger partial charge in [0, 0.05) is 47.2 Å². The maximum atomic E-state index is 6.68. The first-order valence-corrected chi connectivity index (χ1v) is 12.6. The van der Waals surface area contributed by atoms with Crippen molar-refractivity contribution in [2.75, 3.05) is 0 Å². The lowest BCUT2D eigenvalue weighted by Crippen LogP contribution is -2.50. The van der Waals surface area contributed by atoms with E-state index in [1.165, 1.54) is 63.2 Å². The molecule has 4 aliphatic rings. The summed E-state index contributed by atoms with van der Waals surface area (Å²) in [7, 11) is 0. The molecule has 2 aromatic carbocycles. The quantitative estimate of drug-likeness (QED) is 0.286. The van der Waals surface area contributed by atoms with Gasteiger partial charge in [0.25, 0.3) is 5.54 Å². The Bertz CT molecular complexity index is 1640. The fourth-order valence-electron chi connectivity index (χ4n) is 7.70. The molecule has 5 aromatic rings. The van der Waals surface area contributed by atoms with E-state index in [-0.39, 0.29) is 5.54 Å². The standard InChI is InChI=1S/C31H24N2O/c1-2-11-21-19(9-1)24-12-5-7-17-32(24)30-28(21)31(30)23-16-15-22-20-10-3-4-14-26(20)34-29(22)27(23)25-13-6-8-18-33(25)31/h1-2,5-9,11-13,15-18,28,30H,3-4,10,14H2/q+2. The van der Waals surface area contributed by atoms with Crippen molar-refractivity contribution in [3.05, 3.63) is 108 Å².